The Morgan fingerprint density at radius 2 is 2.17 bits per heavy atom. The molecular formula is C14H19ClN2O. The number of carbonyl (C=O) groups excluding carboxylic acids is 1. The van der Waals surface area contributed by atoms with Crippen molar-refractivity contribution in [3.8, 4) is 0 Å². The predicted molar refractivity (Wildman–Crippen MR) is 73.0 cm³/mol. The van der Waals surface area contributed by atoms with E-state index in [1.165, 1.54) is 6.42 Å². The summed E-state index contributed by atoms with van der Waals surface area (Å²) in [7, 11) is 1.85. The SMILES string of the molecule is Cc1cc(C(=O)N(C)C2CCCCC2Cl)ccn1. The predicted octanol–water partition coefficient (Wildman–Crippen LogP) is 3.01. The number of alkyl halides is 1. The van der Waals surface area contributed by atoms with Crippen molar-refractivity contribution in [1.82, 2.24) is 9.88 Å². The molecule has 0 bridgehead atoms. The van der Waals surface area contributed by atoms with Crippen LogP contribution in [0.3, 0.4) is 0 Å². The maximum atomic E-state index is 12.4. The van der Waals surface area contributed by atoms with Gasteiger partial charge in [-0.25, -0.2) is 0 Å². The summed E-state index contributed by atoms with van der Waals surface area (Å²) in [6, 6.07) is 3.74. The minimum atomic E-state index is 0.0399. The monoisotopic (exact) mass is 266 g/mol. The minimum Gasteiger partial charge on any atom is -0.337 e. The Bertz CT molecular complexity index is 436. The molecule has 1 saturated carbocycles. The molecule has 1 amide bonds. The van der Waals surface area contributed by atoms with Gasteiger partial charge < -0.3 is 4.90 Å². The summed E-state index contributed by atoms with van der Waals surface area (Å²) in [5.41, 5.74) is 1.56. The molecule has 98 valence electrons. The molecule has 1 aliphatic rings. The molecule has 2 unspecified atom stereocenters. The van der Waals surface area contributed by atoms with Crippen LogP contribution >= 0.6 is 11.6 Å². The van der Waals surface area contributed by atoms with E-state index in [-0.39, 0.29) is 17.3 Å². The molecule has 3 nitrogen and oxygen atoms in total. The normalized spacial score (nSPS) is 23.7. The molecule has 0 spiro atoms. The van der Waals surface area contributed by atoms with Gasteiger partial charge >= 0.3 is 0 Å². The summed E-state index contributed by atoms with van der Waals surface area (Å²) in [5.74, 6) is 0.0399. The fourth-order valence-corrected chi connectivity index (χ4v) is 2.98. The van der Waals surface area contributed by atoms with E-state index < -0.39 is 0 Å². The van der Waals surface area contributed by atoms with Gasteiger partial charge in [0.15, 0.2) is 0 Å². The number of aryl methyl sites for hydroxylation is 1. The third-order valence-corrected chi connectivity index (χ3v) is 4.12. The molecule has 0 saturated heterocycles. The lowest BCUT2D eigenvalue weighted by Crippen LogP contribution is -2.44. The van der Waals surface area contributed by atoms with Crippen molar-refractivity contribution in [3.05, 3.63) is 29.6 Å². The number of hydrogen-bond acceptors (Lipinski definition) is 2. The van der Waals surface area contributed by atoms with Gasteiger partial charge in [0.2, 0.25) is 0 Å². The molecule has 0 aromatic carbocycles. The van der Waals surface area contributed by atoms with E-state index in [0.717, 1.165) is 25.0 Å². The van der Waals surface area contributed by atoms with Crippen molar-refractivity contribution in [2.24, 2.45) is 0 Å². The third kappa shape index (κ3) is 2.83. The van der Waals surface area contributed by atoms with Crippen molar-refractivity contribution in [2.45, 2.75) is 44.0 Å². The first-order chi connectivity index (χ1) is 8.59. The van der Waals surface area contributed by atoms with Crippen LogP contribution in [0.2, 0.25) is 0 Å². The third-order valence-electron chi connectivity index (χ3n) is 3.61. The van der Waals surface area contributed by atoms with E-state index in [9.17, 15) is 4.79 Å². The Kier molecular flexibility index (Phi) is 4.23. The molecule has 1 aliphatic carbocycles. The topological polar surface area (TPSA) is 33.2 Å². The summed E-state index contributed by atoms with van der Waals surface area (Å²) < 4.78 is 0. The largest absolute Gasteiger partial charge is 0.337 e. The van der Waals surface area contributed by atoms with Crippen LogP contribution in [0.15, 0.2) is 18.3 Å². The average molecular weight is 267 g/mol. The van der Waals surface area contributed by atoms with Gasteiger partial charge in [0.25, 0.3) is 5.91 Å². The van der Waals surface area contributed by atoms with Crippen molar-refractivity contribution in [2.75, 3.05) is 7.05 Å². The zero-order valence-corrected chi connectivity index (χ0v) is 11.7. The number of halogens is 1. The highest BCUT2D eigenvalue weighted by Crippen LogP contribution is 2.27. The van der Waals surface area contributed by atoms with Crippen LogP contribution in [0.5, 0.6) is 0 Å². The van der Waals surface area contributed by atoms with Gasteiger partial charge in [-0.15, -0.1) is 11.6 Å². The summed E-state index contributed by atoms with van der Waals surface area (Å²) in [6.07, 6.45) is 6.00. The summed E-state index contributed by atoms with van der Waals surface area (Å²) in [4.78, 5) is 18.3. The molecule has 1 aromatic heterocycles. The Morgan fingerprint density at radius 3 is 2.83 bits per heavy atom. The van der Waals surface area contributed by atoms with Gasteiger partial charge in [0.05, 0.1) is 5.38 Å². The Labute approximate surface area is 113 Å². The van der Waals surface area contributed by atoms with Gasteiger partial charge in [-0.2, -0.15) is 0 Å². The highest BCUT2D eigenvalue weighted by molar-refractivity contribution is 6.21. The lowest BCUT2D eigenvalue weighted by molar-refractivity contribution is 0.0700. The van der Waals surface area contributed by atoms with Gasteiger partial charge in [0, 0.05) is 30.5 Å². The second kappa shape index (κ2) is 5.70. The molecule has 0 radical (unpaired) electrons. The molecule has 18 heavy (non-hydrogen) atoms. The van der Waals surface area contributed by atoms with Crippen LogP contribution in [-0.2, 0) is 0 Å². The maximum absolute atomic E-state index is 12.4. The van der Waals surface area contributed by atoms with Crippen LogP contribution in [0.4, 0.5) is 0 Å². The van der Waals surface area contributed by atoms with E-state index in [0.29, 0.717) is 5.56 Å². The van der Waals surface area contributed by atoms with E-state index in [4.69, 9.17) is 11.6 Å². The second-order valence-electron chi connectivity index (χ2n) is 4.97. The van der Waals surface area contributed by atoms with E-state index in [1.54, 1.807) is 17.2 Å². The standard InChI is InChI=1S/C14H19ClN2O/c1-10-9-11(7-8-16-10)14(18)17(2)13-6-4-3-5-12(13)15/h7-9,12-13H,3-6H2,1-2H3. The average Bonchev–Trinajstić information content (AvgIpc) is 2.37. The number of aromatic nitrogens is 1. The first kappa shape index (κ1) is 13.3. The van der Waals surface area contributed by atoms with Crippen LogP contribution in [-0.4, -0.2) is 34.3 Å². The zero-order chi connectivity index (χ0) is 13.1. The van der Waals surface area contributed by atoms with Crippen molar-refractivity contribution in [1.29, 1.82) is 0 Å². The Morgan fingerprint density at radius 1 is 1.44 bits per heavy atom. The van der Waals surface area contributed by atoms with Crippen molar-refractivity contribution >= 4 is 17.5 Å². The Hall–Kier alpha value is -1.09. The number of pyridine rings is 1. The lowest BCUT2D eigenvalue weighted by Gasteiger charge is -2.35. The molecule has 1 fully saturated rings. The van der Waals surface area contributed by atoms with Crippen molar-refractivity contribution in [3.63, 3.8) is 0 Å². The Balaban J connectivity index is 2.13. The quantitative estimate of drug-likeness (QED) is 0.771. The van der Waals surface area contributed by atoms with Crippen LogP contribution in [0.25, 0.3) is 0 Å². The molecule has 1 aromatic rings. The number of hydrogen-bond donors (Lipinski definition) is 0. The zero-order valence-electron chi connectivity index (χ0n) is 10.9. The van der Waals surface area contributed by atoms with E-state index >= 15 is 0 Å². The minimum absolute atomic E-state index is 0.0399. The van der Waals surface area contributed by atoms with Gasteiger partial charge in [-0.1, -0.05) is 12.8 Å². The first-order valence-electron chi connectivity index (χ1n) is 6.43. The fraction of sp³-hybridized carbons (Fsp3) is 0.571. The highest BCUT2D eigenvalue weighted by Gasteiger charge is 2.29. The molecule has 0 aliphatic heterocycles. The highest BCUT2D eigenvalue weighted by atomic mass is 35.5. The second-order valence-corrected chi connectivity index (χ2v) is 5.53. The number of amides is 1. The summed E-state index contributed by atoms with van der Waals surface area (Å²) >= 11 is 6.33. The van der Waals surface area contributed by atoms with Crippen LogP contribution in [0.1, 0.15) is 41.7 Å². The maximum Gasteiger partial charge on any atom is 0.254 e. The molecule has 2 rings (SSSR count). The van der Waals surface area contributed by atoms with Gasteiger partial charge in [-0.3, -0.25) is 9.78 Å². The summed E-state index contributed by atoms with van der Waals surface area (Å²) in [6.45, 7) is 1.89. The number of rotatable bonds is 2. The molecule has 4 heteroatoms. The van der Waals surface area contributed by atoms with Crippen molar-refractivity contribution < 1.29 is 4.79 Å². The number of nitrogens with zero attached hydrogens (tertiary/aromatic N) is 2. The number of carbonyl (C=O) groups is 1. The molecule has 1 heterocycles. The first-order valence-corrected chi connectivity index (χ1v) is 6.87. The summed E-state index contributed by atoms with van der Waals surface area (Å²) in [5, 5.41) is 0.0793. The molecular weight excluding hydrogens is 248 g/mol. The smallest absolute Gasteiger partial charge is 0.254 e. The molecule has 0 N–H and O–H groups in total. The fourth-order valence-electron chi connectivity index (χ4n) is 2.54. The van der Waals surface area contributed by atoms with Gasteiger partial charge in [0.1, 0.15) is 0 Å². The lowest BCUT2D eigenvalue weighted by atomic mass is 9.93. The van der Waals surface area contributed by atoms with E-state index in [2.05, 4.69) is 4.98 Å². The molecule has 2 atom stereocenters. The van der Waals surface area contributed by atoms with Gasteiger partial charge in [-0.05, 0) is 31.9 Å². The van der Waals surface area contributed by atoms with E-state index in [1.807, 2.05) is 20.0 Å². The van der Waals surface area contributed by atoms with Crippen LogP contribution in [0, 0.1) is 6.92 Å². The van der Waals surface area contributed by atoms with Crippen LogP contribution < -0.4 is 0 Å².